The molecule has 2 N–H and O–H groups in total. The van der Waals surface area contributed by atoms with Gasteiger partial charge in [-0.25, -0.2) is 0 Å². The van der Waals surface area contributed by atoms with Crippen LogP contribution in [0.4, 0.5) is 0 Å². The largest absolute Gasteiger partial charge is 0.361 e. The van der Waals surface area contributed by atoms with E-state index in [1.165, 1.54) is 22.1 Å². The lowest BCUT2D eigenvalue weighted by atomic mass is 9.97. The number of nitrogens with one attached hydrogen (secondary N) is 2. The molecule has 3 aromatic rings. The Kier molecular flexibility index (Phi) is 3.72. The SMILES string of the molecule is CNCc1ccc(C#N)cc1Cc1ccc2[nH]ccc2c1. The van der Waals surface area contributed by atoms with Crippen molar-refractivity contribution in [3.63, 3.8) is 0 Å². The molecule has 0 aliphatic carbocycles. The summed E-state index contributed by atoms with van der Waals surface area (Å²) in [7, 11) is 1.94. The van der Waals surface area contributed by atoms with Crippen LogP contribution in [-0.4, -0.2) is 12.0 Å². The molecule has 0 amide bonds. The molecule has 0 saturated carbocycles. The summed E-state index contributed by atoms with van der Waals surface area (Å²) >= 11 is 0. The summed E-state index contributed by atoms with van der Waals surface area (Å²) in [5, 5.41) is 13.5. The van der Waals surface area contributed by atoms with E-state index < -0.39 is 0 Å². The minimum Gasteiger partial charge on any atom is -0.361 e. The zero-order valence-corrected chi connectivity index (χ0v) is 12.0. The highest BCUT2D eigenvalue weighted by Gasteiger charge is 2.06. The molecule has 3 rings (SSSR count). The highest BCUT2D eigenvalue weighted by Crippen LogP contribution is 2.20. The summed E-state index contributed by atoms with van der Waals surface area (Å²) in [5.74, 6) is 0. The van der Waals surface area contributed by atoms with Crippen molar-refractivity contribution in [2.75, 3.05) is 7.05 Å². The van der Waals surface area contributed by atoms with Crippen LogP contribution in [0.5, 0.6) is 0 Å². The first-order chi connectivity index (χ1) is 10.3. The van der Waals surface area contributed by atoms with Crippen LogP contribution in [0, 0.1) is 11.3 Å². The minimum atomic E-state index is 0.715. The second-order valence-corrected chi connectivity index (χ2v) is 5.20. The Bertz CT molecular complexity index is 809. The molecule has 0 atom stereocenters. The topological polar surface area (TPSA) is 51.6 Å². The standard InChI is InChI=1S/C18H17N3/c1-20-12-16-4-2-14(11-19)10-17(16)9-13-3-5-18-15(8-13)6-7-21-18/h2-8,10,20-21H,9,12H2,1H3. The van der Waals surface area contributed by atoms with Gasteiger partial charge < -0.3 is 10.3 Å². The van der Waals surface area contributed by atoms with Gasteiger partial charge in [0, 0.05) is 18.3 Å². The van der Waals surface area contributed by atoms with E-state index in [-0.39, 0.29) is 0 Å². The molecular weight excluding hydrogens is 258 g/mol. The van der Waals surface area contributed by atoms with Gasteiger partial charge in [-0.1, -0.05) is 12.1 Å². The fourth-order valence-corrected chi connectivity index (χ4v) is 2.66. The third-order valence-corrected chi connectivity index (χ3v) is 3.71. The molecule has 3 heteroatoms. The Morgan fingerprint density at radius 3 is 2.81 bits per heavy atom. The lowest BCUT2D eigenvalue weighted by Crippen LogP contribution is -2.08. The van der Waals surface area contributed by atoms with E-state index in [9.17, 15) is 0 Å². The maximum absolute atomic E-state index is 9.09. The van der Waals surface area contributed by atoms with E-state index in [0.717, 1.165) is 18.5 Å². The van der Waals surface area contributed by atoms with Crippen LogP contribution in [0.15, 0.2) is 48.7 Å². The molecule has 104 valence electrons. The number of hydrogen-bond acceptors (Lipinski definition) is 2. The molecule has 0 radical (unpaired) electrons. The third kappa shape index (κ3) is 2.81. The number of nitriles is 1. The van der Waals surface area contributed by atoms with Gasteiger partial charge in [0.15, 0.2) is 0 Å². The maximum atomic E-state index is 9.09. The fraction of sp³-hybridized carbons (Fsp3) is 0.167. The van der Waals surface area contributed by atoms with Crippen LogP contribution in [0.3, 0.4) is 0 Å². The van der Waals surface area contributed by atoms with Crippen molar-refractivity contribution in [2.24, 2.45) is 0 Å². The number of aromatic amines is 1. The predicted molar refractivity (Wildman–Crippen MR) is 85.0 cm³/mol. The fourth-order valence-electron chi connectivity index (χ4n) is 2.66. The highest BCUT2D eigenvalue weighted by molar-refractivity contribution is 5.80. The molecule has 2 aromatic carbocycles. The summed E-state index contributed by atoms with van der Waals surface area (Å²) in [5.41, 5.74) is 5.58. The van der Waals surface area contributed by atoms with E-state index in [1.54, 1.807) is 0 Å². The van der Waals surface area contributed by atoms with Crippen LogP contribution in [0.25, 0.3) is 10.9 Å². The average molecular weight is 275 g/mol. The van der Waals surface area contributed by atoms with Crippen molar-refractivity contribution in [1.29, 1.82) is 5.26 Å². The number of H-pyrrole nitrogens is 1. The first kappa shape index (κ1) is 13.4. The zero-order valence-electron chi connectivity index (χ0n) is 12.0. The normalized spacial score (nSPS) is 10.7. The summed E-state index contributed by atoms with van der Waals surface area (Å²) in [6.07, 6.45) is 2.80. The molecule has 1 aromatic heterocycles. The molecule has 0 fully saturated rings. The number of nitrogens with zero attached hydrogens (tertiary/aromatic N) is 1. The van der Waals surface area contributed by atoms with Crippen LogP contribution in [0.2, 0.25) is 0 Å². The van der Waals surface area contributed by atoms with Gasteiger partial charge in [-0.15, -0.1) is 0 Å². The van der Waals surface area contributed by atoms with Gasteiger partial charge in [0.05, 0.1) is 11.6 Å². The Balaban J connectivity index is 1.97. The van der Waals surface area contributed by atoms with Crippen molar-refractivity contribution in [2.45, 2.75) is 13.0 Å². The number of fused-ring (bicyclic) bond motifs is 1. The first-order valence-electron chi connectivity index (χ1n) is 7.02. The van der Waals surface area contributed by atoms with Crippen molar-refractivity contribution in [3.8, 4) is 6.07 Å². The summed E-state index contributed by atoms with van der Waals surface area (Å²) in [6.45, 7) is 0.813. The molecule has 0 saturated heterocycles. The molecule has 0 unspecified atom stereocenters. The van der Waals surface area contributed by atoms with E-state index in [4.69, 9.17) is 5.26 Å². The highest BCUT2D eigenvalue weighted by atomic mass is 14.8. The van der Waals surface area contributed by atoms with Crippen LogP contribution >= 0.6 is 0 Å². The Hall–Kier alpha value is -2.57. The Morgan fingerprint density at radius 1 is 1.10 bits per heavy atom. The third-order valence-electron chi connectivity index (χ3n) is 3.71. The van der Waals surface area contributed by atoms with Crippen molar-refractivity contribution < 1.29 is 0 Å². The van der Waals surface area contributed by atoms with Gasteiger partial charge in [0.2, 0.25) is 0 Å². The lowest BCUT2D eigenvalue weighted by molar-refractivity contribution is 0.807. The van der Waals surface area contributed by atoms with Gasteiger partial charge >= 0.3 is 0 Å². The van der Waals surface area contributed by atoms with Crippen molar-refractivity contribution in [3.05, 3.63) is 70.9 Å². The van der Waals surface area contributed by atoms with Gasteiger partial charge in [-0.3, -0.25) is 0 Å². The summed E-state index contributed by atoms with van der Waals surface area (Å²) in [4.78, 5) is 3.21. The van der Waals surface area contributed by atoms with Crippen molar-refractivity contribution in [1.82, 2.24) is 10.3 Å². The Morgan fingerprint density at radius 2 is 2.00 bits per heavy atom. The molecule has 21 heavy (non-hydrogen) atoms. The van der Waals surface area contributed by atoms with E-state index in [0.29, 0.717) is 5.56 Å². The molecule has 3 nitrogen and oxygen atoms in total. The van der Waals surface area contributed by atoms with Gasteiger partial charge in [-0.05, 0) is 65.9 Å². The molecular formula is C18H17N3. The first-order valence-corrected chi connectivity index (χ1v) is 7.02. The number of benzene rings is 2. The molecule has 0 aliphatic rings. The molecule has 0 aliphatic heterocycles. The van der Waals surface area contributed by atoms with E-state index >= 15 is 0 Å². The quantitative estimate of drug-likeness (QED) is 0.767. The summed E-state index contributed by atoms with van der Waals surface area (Å²) in [6, 6.07) is 16.7. The lowest BCUT2D eigenvalue weighted by Gasteiger charge is -2.10. The molecule has 1 heterocycles. The maximum Gasteiger partial charge on any atom is 0.0991 e. The van der Waals surface area contributed by atoms with Gasteiger partial charge in [0.1, 0.15) is 0 Å². The van der Waals surface area contributed by atoms with Crippen LogP contribution in [-0.2, 0) is 13.0 Å². The van der Waals surface area contributed by atoms with Gasteiger partial charge in [0.25, 0.3) is 0 Å². The molecule has 0 spiro atoms. The smallest absolute Gasteiger partial charge is 0.0991 e. The second kappa shape index (κ2) is 5.82. The van der Waals surface area contributed by atoms with Gasteiger partial charge in [-0.2, -0.15) is 5.26 Å². The zero-order chi connectivity index (χ0) is 14.7. The van der Waals surface area contributed by atoms with E-state index in [1.807, 2.05) is 31.4 Å². The van der Waals surface area contributed by atoms with Crippen molar-refractivity contribution >= 4 is 10.9 Å². The molecule has 0 bridgehead atoms. The number of aromatic nitrogens is 1. The number of hydrogen-bond donors (Lipinski definition) is 2. The Labute approximate surface area is 124 Å². The monoisotopic (exact) mass is 275 g/mol. The van der Waals surface area contributed by atoms with Crippen LogP contribution < -0.4 is 5.32 Å². The number of rotatable bonds is 4. The van der Waals surface area contributed by atoms with E-state index in [2.05, 4.69) is 40.6 Å². The summed E-state index contributed by atoms with van der Waals surface area (Å²) < 4.78 is 0. The minimum absolute atomic E-state index is 0.715. The van der Waals surface area contributed by atoms with Crippen LogP contribution in [0.1, 0.15) is 22.3 Å². The second-order valence-electron chi connectivity index (χ2n) is 5.20. The average Bonchev–Trinajstić information content (AvgIpc) is 2.97. The predicted octanol–water partition coefficient (Wildman–Crippen LogP) is 3.35.